The molecule has 15 heavy (non-hydrogen) atoms. The summed E-state index contributed by atoms with van der Waals surface area (Å²) in [5.74, 6) is -5.98. The van der Waals surface area contributed by atoms with Gasteiger partial charge < -0.3 is 10.0 Å². The van der Waals surface area contributed by atoms with Crippen LogP contribution in [0, 0.1) is 0 Å². The highest BCUT2D eigenvalue weighted by atomic mass is 19.3. The maximum Gasteiger partial charge on any atom is 0.379 e. The first kappa shape index (κ1) is 11.4. The van der Waals surface area contributed by atoms with E-state index in [0.717, 1.165) is 12.1 Å². The summed E-state index contributed by atoms with van der Waals surface area (Å²) in [4.78, 5) is 12.0. The number of carboxylic acids is 1. The summed E-state index contributed by atoms with van der Waals surface area (Å²) in [6.07, 6.45) is 0. The fourth-order valence-corrected chi connectivity index (χ4v) is 1.10. The van der Waals surface area contributed by atoms with E-state index in [1.54, 1.807) is 25.1 Å². The van der Waals surface area contributed by atoms with Crippen molar-refractivity contribution in [2.45, 2.75) is 5.92 Å². The second-order valence-corrected chi connectivity index (χ2v) is 3.32. The van der Waals surface area contributed by atoms with Gasteiger partial charge in [-0.05, 0) is 12.1 Å². The second-order valence-electron chi connectivity index (χ2n) is 3.32. The van der Waals surface area contributed by atoms with Crippen molar-refractivity contribution in [3.8, 4) is 0 Å². The van der Waals surface area contributed by atoms with Crippen LogP contribution in [0.15, 0.2) is 24.3 Å². The summed E-state index contributed by atoms with van der Waals surface area (Å²) in [5, 5.41) is 8.36. The van der Waals surface area contributed by atoms with Crippen LogP contribution in [0.1, 0.15) is 5.56 Å². The van der Waals surface area contributed by atoms with E-state index in [2.05, 4.69) is 0 Å². The number of hydrogen-bond acceptors (Lipinski definition) is 2. The fourth-order valence-electron chi connectivity index (χ4n) is 1.10. The van der Waals surface area contributed by atoms with Crippen molar-refractivity contribution in [2.75, 3.05) is 19.0 Å². The average Bonchev–Trinajstić information content (AvgIpc) is 2.17. The van der Waals surface area contributed by atoms with Crippen LogP contribution in [-0.4, -0.2) is 25.2 Å². The van der Waals surface area contributed by atoms with E-state index >= 15 is 0 Å². The molecule has 5 heteroatoms. The van der Waals surface area contributed by atoms with Crippen molar-refractivity contribution in [2.24, 2.45) is 0 Å². The first-order chi connectivity index (χ1) is 6.85. The number of aliphatic carboxylic acids is 1. The predicted molar refractivity (Wildman–Crippen MR) is 52.3 cm³/mol. The van der Waals surface area contributed by atoms with Crippen molar-refractivity contribution < 1.29 is 18.7 Å². The molecule has 1 rings (SSSR count). The lowest BCUT2D eigenvalue weighted by Crippen LogP contribution is -2.25. The van der Waals surface area contributed by atoms with Crippen molar-refractivity contribution in [3.63, 3.8) is 0 Å². The summed E-state index contributed by atoms with van der Waals surface area (Å²) >= 11 is 0. The largest absolute Gasteiger partial charge is 0.477 e. The van der Waals surface area contributed by atoms with Gasteiger partial charge in [-0.2, -0.15) is 8.78 Å². The molecule has 0 saturated carbocycles. The van der Waals surface area contributed by atoms with Crippen LogP contribution >= 0.6 is 0 Å². The Hall–Kier alpha value is -1.65. The molecule has 82 valence electrons. The van der Waals surface area contributed by atoms with E-state index in [0.29, 0.717) is 5.69 Å². The molecule has 3 nitrogen and oxygen atoms in total. The molecule has 1 aromatic carbocycles. The van der Waals surface area contributed by atoms with Gasteiger partial charge in [0, 0.05) is 25.3 Å². The normalized spacial score (nSPS) is 11.2. The monoisotopic (exact) mass is 215 g/mol. The molecular formula is C10H11F2NO2. The van der Waals surface area contributed by atoms with Crippen LogP contribution in [0.5, 0.6) is 0 Å². The summed E-state index contributed by atoms with van der Waals surface area (Å²) < 4.78 is 26.2. The number of carbonyl (C=O) groups is 1. The van der Waals surface area contributed by atoms with Gasteiger partial charge in [-0.3, -0.25) is 0 Å². The third-order valence-electron chi connectivity index (χ3n) is 1.99. The Labute approximate surface area is 85.9 Å². The number of halogens is 2. The highest BCUT2D eigenvalue weighted by Crippen LogP contribution is 2.30. The Kier molecular flexibility index (Phi) is 2.93. The lowest BCUT2D eigenvalue weighted by molar-refractivity contribution is -0.166. The van der Waals surface area contributed by atoms with Gasteiger partial charge in [-0.15, -0.1) is 0 Å². The molecule has 0 aromatic heterocycles. The molecule has 0 aliphatic carbocycles. The van der Waals surface area contributed by atoms with Crippen molar-refractivity contribution in [1.82, 2.24) is 0 Å². The zero-order chi connectivity index (χ0) is 11.6. The lowest BCUT2D eigenvalue weighted by Gasteiger charge is -2.16. The molecule has 0 heterocycles. The number of carboxylic acid groups (broad SMARTS) is 1. The Morgan fingerprint density at radius 3 is 2.47 bits per heavy atom. The number of hydrogen-bond donors (Lipinski definition) is 1. The molecule has 0 fully saturated rings. The molecule has 0 aliphatic rings. The number of anilines is 1. The minimum absolute atomic E-state index is 0.513. The Morgan fingerprint density at radius 2 is 2.00 bits per heavy atom. The molecule has 0 radical (unpaired) electrons. The summed E-state index contributed by atoms with van der Waals surface area (Å²) in [5.41, 5.74) is 0.0228. The first-order valence-corrected chi connectivity index (χ1v) is 4.25. The van der Waals surface area contributed by atoms with Gasteiger partial charge >= 0.3 is 11.9 Å². The van der Waals surface area contributed by atoms with Crippen LogP contribution in [0.3, 0.4) is 0 Å². The molecule has 0 unspecified atom stereocenters. The highest BCUT2D eigenvalue weighted by molar-refractivity contribution is 5.77. The van der Waals surface area contributed by atoms with E-state index < -0.39 is 17.5 Å². The maximum absolute atomic E-state index is 13.1. The van der Waals surface area contributed by atoms with Gasteiger partial charge in [0.05, 0.1) is 0 Å². The summed E-state index contributed by atoms with van der Waals surface area (Å²) in [7, 11) is 3.38. The summed E-state index contributed by atoms with van der Waals surface area (Å²) in [6.45, 7) is 0. The second kappa shape index (κ2) is 3.84. The fraction of sp³-hybridized carbons (Fsp3) is 0.300. The Bertz CT molecular complexity index is 377. The molecule has 0 aliphatic heterocycles. The molecule has 0 amide bonds. The molecule has 0 bridgehead atoms. The zero-order valence-electron chi connectivity index (χ0n) is 8.37. The van der Waals surface area contributed by atoms with E-state index in [9.17, 15) is 13.6 Å². The Morgan fingerprint density at radius 1 is 1.40 bits per heavy atom. The van der Waals surface area contributed by atoms with Crippen molar-refractivity contribution in [1.29, 1.82) is 0 Å². The third-order valence-corrected chi connectivity index (χ3v) is 1.99. The average molecular weight is 215 g/mol. The first-order valence-electron chi connectivity index (χ1n) is 4.25. The molecule has 1 aromatic rings. The smallest absolute Gasteiger partial charge is 0.379 e. The molecule has 0 saturated heterocycles. The molecular weight excluding hydrogens is 204 g/mol. The van der Waals surface area contributed by atoms with Gasteiger partial charge in [0.15, 0.2) is 0 Å². The van der Waals surface area contributed by atoms with Gasteiger partial charge in [0.2, 0.25) is 0 Å². The summed E-state index contributed by atoms with van der Waals surface area (Å²) in [6, 6.07) is 5.29. The zero-order valence-corrected chi connectivity index (χ0v) is 8.37. The van der Waals surface area contributed by atoms with Crippen LogP contribution in [0.4, 0.5) is 14.5 Å². The minimum Gasteiger partial charge on any atom is -0.477 e. The van der Waals surface area contributed by atoms with Crippen LogP contribution in [0.25, 0.3) is 0 Å². The third kappa shape index (κ3) is 2.23. The van der Waals surface area contributed by atoms with Crippen LogP contribution in [0.2, 0.25) is 0 Å². The van der Waals surface area contributed by atoms with Crippen molar-refractivity contribution >= 4 is 11.7 Å². The van der Waals surface area contributed by atoms with E-state index in [1.807, 2.05) is 0 Å². The standard InChI is InChI=1S/C10H11F2NO2/c1-13(2)8-5-3-4-7(6-8)10(11,12)9(14)15/h3-6H,1-2H3,(H,14,15). The molecule has 0 spiro atoms. The molecule has 1 N–H and O–H groups in total. The van der Waals surface area contributed by atoms with Gasteiger partial charge in [0.25, 0.3) is 0 Å². The Balaban J connectivity index is 3.16. The van der Waals surface area contributed by atoms with Crippen LogP contribution < -0.4 is 4.90 Å². The number of rotatable bonds is 3. The number of benzene rings is 1. The SMILES string of the molecule is CN(C)c1cccc(C(F)(F)C(=O)O)c1. The van der Waals surface area contributed by atoms with Crippen molar-refractivity contribution in [3.05, 3.63) is 29.8 Å². The van der Waals surface area contributed by atoms with E-state index in [4.69, 9.17) is 5.11 Å². The van der Waals surface area contributed by atoms with Gasteiger partial charge in [-0.1, -0.05) is 12.1 Å². The van der Waals surface area contributed by atoms with Gasteiger partial charge in [-0.25, -0.2) is 4.79 Å². The van der Waals surface area contributed by atoms with Gasteiger partial charge in [0.1, 0.15) is 0 Å². The minimum atomic E-state index is -3.84. The number of alkyl halides is 2. The quantitative estimate of drug-likeness (QED) is 0.837. The predicted octanol–water partition coefficient (Wildman–Crippen LogP) is 1.93. The topological polar surface area (TPSA) is 40.5 Å². The molecule has 0 atom stereocenters. The lowest BCUT2D eigenvalue weighted by atomic mass is 10.1. The highest BCUT2D eigenvalue weighted by Gasteiger charge is 2.41. The maximum atomic E-state index is 13.1. The van der Waals surface area contributed by atoms with Crippen LogP contribution in [-0.2, 0) is 10.7 Å². The van der Waals surface area contributed by atoms with E-state index in [-0.39, 0.29) is 0 Å². The number of nitrogens with zero attached hydrogens (tertiary/aromatic N) is 1. The van der Waals surface area contributed by atoms with E-state index in [1.165, 1.54) is 6.07 Å².